The molecule has 2 heterocycles. The molecule has 3 rings (SSSR count). The number of nitrogens with one attached hydrogen (secondary N) is 1. The van der Waals surface area contributed by atoms with Gasteiger partial charge in [-0.1, -0.05) is 17.7 Å². The van der Waals surface area contributed by atoms with Crippen molar-refractivity contribution in [1.29, 1.82) is 0 Å². The van der Waals surface area contributed by atoms with Crippen molar-refractivity contribution in [1.82, 2.24) is 15.3 Å². The maximum atomic E-state index is 13.2. The first-order chi connectivity index (χ1) is 13.0. The molecule has 1 amide bonds. The Labute approximate surface area is 162 Å². The SMILES string of the molecule is O=C(NC[C@H](c1cccnc1)S(=O)(=O)c1ccc(Cl)cc1)c1ccncc1. The standard InChI is InChI=1S/C19H16ClN3O3S/c20-16-3-5-17(6-4-16)27(25,26)18(15-2-1-9-22-12-15)13-23-19(24)14-7-10-21-11-8-14/h1-12,18H,13H2,(H,23,24)/t18-/m1/s1. The number of sulfone groups is 1. The molecule has 1 N–H and O–H groups in total. The lowest BCUT2D eigenvalue weighted by Crippen LogP contribution is -2.32. The number of benzene rings is 1. The van der Waals surface area contributed by atoms with Crippen LogP contribution in [-0.4, -0.2) is 30.8 Å². The second kappa shape index (κ2) is 8.28. The molecule has 0 aliphatic rings. The van der Waals surface area contributed by atoms with Gasteiger partial charge in [-0.15, -0.1) is 0 Å². The van der Waals surface area contributed by atoms with Gasteiger partial charge in [0.05, 0.1) is 4.90 Å². The van der Waals surface area contributed by atoms with Gasteiger partial charge in [0, 0.05) is 41.9 Å². The van der Waals surface area contributed by atoms with Crippen LogP contribution in [0, 0.1) is 0 Å². The Morgan fingerprint density at radius 2 is 1.70 bits per heavy atom. The van der Waals surface area contributed by atoms with Gasteiger partial charge >= 0.3 is 0 Å². The molecule has 27 heavy (non-hydrogen) atoms. The van der Waals surface area contributed by atoms with Gasteiger partial charge in [0.1, 0.15) is 5.25 Å². The third kappa shape index (κ3) is 4.50. The van der Waals surface area contributed by atoms with E-state index in [1.54, 1.807) is 30.5 Å². The topological polar surface area (TPSA) is 89.0 Å². The molecule has 0 aliphatic heterocycles. The predicted molar refractivity (Wildman–Crippen MR) is 102 cm³/mol. The Morgan fingerprint density at radius 3 is 2.33 bits per heavy atom. The predicted octanol–water partition coefficient (Wildman–Crippen LogP) is 3.08. The number of amides is 1. The number of pyridine rings is 2. The number of carbonyl (C=O) groups is 1. The summed E-state index contributed by atoms with van der Waals surface area (Å²) >= 11 is 5.86. The second-order valence-electron chi connectivity index (χ2n) is 5.72. The van der Waals surface area contributed by atoms with Crippen molar-refractivity contribution < 1.29 is 13.2 Å². The Morgan fingerprint density at radius 1 is 1.00 bits per heavy atom. The summed E-state index contributed by atoms with van der Waals surface area (Å²) in [6.07, 6.45) is 6.04. The fourth-order valence-electron chi connectivity index (χ4n) is 2.55. The molecule has 0 saturated heterocycles. The van der Waals surface area contributed by atoms with Crippen LogP contribution in [0.4, 0.5) is 0 Å². The third-order valence-corrected chi connectivity index (χ3v) is 6.33. The van der Waals surface area contributed by atoms with Crippen LogP contribution in [0.15, 0.2) is 78.2 Å². The van der Waals surface area contributed by atoms with E-state index in [0.717, 1.165) is 0 Å². The van der Waals surface area contributed by atoms with Crippen LogP contribution >= 0.6 is 11.6 Å². The molecule has 2 aromatic heterocycles. The van der Waals surface area contributed by atoms with Gasteiger partial charge in [-0.2, -0.15) is 0 Å². The van der Waals surface area contributed by atoms with E-state index in [9.17, 15) is 13.2 Å². The molecule has 8 heteroatoms. The van der Waals surface area contributed by atoms with Crippen LogP contribution < -0.4 is 5.32 Å². The first-order valence-electron chi connectivity index (χ1n) is 8.06. The highest BCUT2D eigenvalue weighted by atomic mass is 35.5. The number of aromatic nitrogens is 2. The molecule has 0 fully saturated rings. The molecule has 0 radical (unpaired) electrons. The van der Waals surface area contributed by atoms with Crippen molar-refractivity contribution in [2.24, 2.45) is 0 Å². The van der Waals surface area contributed by atoms with Gasteiger partial charge in [-0.05, 0) is 48.0 Å². The highest BCUT2D eigenvalue weighted by Gasteiger charge is 2.30. The summed E-state index contributed by atoms with van der Waals surface area (Å²) in [4.78, 5) is 20.3. The summed E-state index contributed by atoms with van der Waals surface area (Å²) in [6.45, 7) is -0.0994. The largest absolute Gasteiger partial charge is 0.350 e. The second-order valence-corrected chi connectivity index (χ2v) is 8.29. The maximum absolute atomic E-state index is 13.2. The van der Waals surface area contributed by atoms with E-state index in [1.165, 1.54) is 42.9 Å². The zero-order chi connectivity index (χ0) is 19.3. The molecule has 1 aromatic carbocycles. The zero-order valence-electron chi connectivity index (χ0n) is 14.1. The highest BCUT2D eigenvalue weighted by Crippen LogP contribution is 2.29. The molecule has 1 atom stereocenters. The lowest BCUT2D eigenvalue weighted by atomic mass is 10.2. The number of carbonyl (C=O) groups excluding carboxylic acids is 1. The molecule has 0 bridgehead atoms. The summed E-state index contributed by atoms with van der Waals surface area (Å²) < 4.78 is 26.3. The highest BCUT2D eigenvalue weighted by molar-refractivity contribution is 7.91. The molecule has 138 valence electrons. The van der Waals surface area contributed by atoms with Gasteiger partial charge < -0.3 is 5.32 Å². The average Bonchev–Trinajstić information content (AvgIpc) is 2.69. The Balaban J connectivity index is 1.90. The Bertz CT molecular complexity index is 1010. The first kappa shape index (κ1) is 19.0. The van der Waals surface area contributed by atoms with E-state index in [0.29, 0.717) is 16.1 Å². The lowest BCUT2D eigenvalue weighted by Gasteiger charge is -2.19. The van der Waals surface area contributed by atoms with Crippen molar-refractivity contribution in [3.05, 3.63) is 89.5 Å². The Kier molecular flexibility index (Phi) is 5.83. The lowest BCUT2D eigenvalue weighted by molar-refractivity contribution is 0.0953. The molecule has 0 unspecified atom stereocenters. The van der Waals surface area contributed by atoms with Gasteiger partial charge in [0.15, 0.2) is 9.84 Å². The first-order valence-corrected chi connectivity index (χ1v) is 9.98. The van der Waals surface area contributed by atoms with Crippen molar-refractivity contribution in [3.8, 4) is 0 Å². The summed E-state index contributed by atoms with van der Waals surface area (Å²) in [7, 11) is -3.77. The number of rotatable bonds is 6. The molecule has 0 spiro atoms. The Hall–Kier alpha value is -2.77. The van der Waals surface area contributed by atoms with Crippen LogP contribution in [0.25, 0.3) is 0 Å². The number of hydrogen-bond acceptors (Lipinski definition) is 5. The van der Waals surface area contributed by atoms with Gasteiger partial charge in [-0.25, -0.2) is 8.42 Å². The molecule has 0 saturated carbocycles. The minimum atomic E-state index is -3.77. The normalized spacial score (nSPS) is 12.3. The van der Waals surface area contributed by atoms with Gasteiger partial charge in [0.2, 0.25) is 0 Å². The van der Waals surface area contributed by atoms with E-state index < -0.39 is 15.1 Å². The maximum Gasteiger partial charge on any atom is 0.251 e. The molecule has 6 nitrogen and oxygen atoms in total. The summed E-state index contributed by atoms with van der Waals surface area (Å²) in [6, 6.07) is 12.4. The van der Waals surface area contributed by atoms with Crippen molar-refractivity contribution in [3.63, 3.8) is 0 Å². The van der Waals surface area contributed by atoms with Crippen LogP contribution in [-0.2, 0) is 9.84 Å². The van der Waals surface area contributed by atoms with E-state index in [1.807, 2.05) is 0 Å². The van der Waals surface area contributed by atoms with E-state index in [2.05, 4.69) is 15.3 Å². The number of halogens is 1. The fraction of sp³-hybridized carbons (Fsp3) is 0.105. The van der Waals surface area contributed by atoms with Crippen LogP contribution in [0.3, 0.4) is 0 Å². The summed E-state index contributed by atoms with van der Waals surface area (Å²) in [5.41, 5.74) is 0.890. The van der Waals surface area contributed by atoms with Crippen LogP contribution in [0.1, 0.15) is 21.2 Å². The summed E-state index contributed by atoms with van der Waals surface area (Å²) in [5.74, 6) is -0.377. The van der Waals surface area contributed by atoms with Crippen LogP contribution in [0.5, 0.6) is 0 Å². The van der Waals surface area contributed by atoms with Gasteiger partial charge in [-0.3, -0.25) is 14.8 Å². The van der Waals surface area contributed by atoms with Crippen molar-refractivity contribution >= 4 is 27.3 Å². The third-order valence-electron chi connectivity index (χ3n) is 3.96. The summed E-state index contributed by atoms with van der Waals surface area (Å²) in [5, 5.41) is 2.14. The average molecular weight is 402 g/mol. The minimum absolute atomic E-state index is 0.0994. The molecule has 3 aromatic rings. The zero-order valence-corrected chi connectivity index (χ0v) is 15.7. The number of nitrogens with zero attached hydrogens (tertiary/aromatic N) is 2. The molecular weight excluding hydrogens is 386 g/mol. The quantitative estimate of drug-likeness (QED) is 0.685. The molecular formula is C19H16ClN3O3S. The van der Waals surface area contributed by atoms with E-state index in [4.69, 9.17) is 11.6 Å². The monoisotopic (exact) mass is 401 g/mol. The minimum Gasteiger partial charge on any atom is -0.350 e. The fourth-order valence-corrected chi connectivity index (χ4v) is 4.32. The smallest absolute Gasteiger partial charge is 0.251 e. The van der Waals surface area contributed by atoms with Gasteiger partial charge in [0.25, 0.3) is 5.91 Å². The number of hydrogen-bond donors (Lipinski definition) is 1. The van der Waals surface area contributed by atoms with Crippen molar-refractivity contribution in [2.45, 2.75) is 10.1 Å². The van der Waals surface area contributed by atoms with Crippen LogP contribution in [0.2, 0.25) is 5.02 Å². The van der Waals surface area contributed by atoms with E-state index in [-0.39, 0.29) is 17.3 Å². The van der Waals surface area contributed by atoms with E-state index >= 15 is 0 Å². The van der Waals surface area contributed by atoms with Crippen molar-refractivity contribution in [2.75, 3.05) is 6.54 Å². The molecule has 0 aliphatic carbocycles.